The van der Waals surface area contributed by atoms with E-state index in [-0.39, 0.29) is 24.2 Å². The van der Waals surface area contributed by atoms with Crippen LogP contribution in [-0.2, 0) is 11.3 Å². The van der Waals surface area contributed by atoms with Crippen molar-refractivity contribution < 1.29 is 14.1 Å². The lowest BCUT2D eigenvalue weighted by Crippen LogP contribution is -2.12. The van der Waals surface area contributed by atoms with Crippen LogP contribution in [-0.4, -0.2) is 30.9 Å². The topological polar surface area (TPSA) is 95.9 Å². The van der Waals surface area contributed by atoms with E-state index in [2.05, 4.69) is 20.2 Å². The molecule has 0 aliphatic carbocycles. The molecule has 0 aliphatic heterocycles. The maximum atomic E-state index is 12.7. The number of halogens is 1. The Kier molecular flexibility index (Phi) is 5.58. The predicted octanol–water partition coefficient (Wildman–Crippen LogP) is 4.45. The quantitative estimate of drug-likeness (QED) is 0.422. The fourth-order valence-corrected chi connectivity index (χ4v) is 3.21. The molecule has 4 aromatic rings. The van der Waals surface area contributed by atoms with Crippen molar-refractivity contribution in [3.63, 3.8) is 0 Å². The van der Waals surface area contributed by atoms with Crippen molar-refractivity contribution in [1.82, 2.24) is 24.9 Å². The predicted molar refractivity (Wildman–Crippen MR) is 109 cm³/mol. The fraction of sp³-hybridized carbons (Fsp3) is 0.190. The van der Waals surface area contributed by atoms with E-state index in [9.17, 15) is 4.79 Å². The van der Waals surface area contributed by atoms with E-state index >= 15 is 0 Å². The maximum Gasteiger partial charge on any atom is 0.342 e. The molecule has 0 saturated heterocycles. The molecule has 0 spiro atoms. The lowest BCUT2D eigenvalue weighted by molar-refractivity contribution is 0.0458. The van der Waals surface area contributed by atoms with Gasteiger partial charge in [-0.25, -0.2) is 14.5 Å². The average Bonchev–Trinajstić information content (AvgIpc) is 3.40. The number of carbonyl (C=O) groups excluding carboxylic acids is 1. The molecule has 8 nitrogen and oxygen atoms in total. The van der Waals surface area contributed by atoms with Gasteiger partial charge in [0.1, 0.15) is 5.56 Å². The highest BCUT2D eigenvalue weighted by molar-refractivity contribution is 6.33. The Hall–Kier alpha value is -3.52. The number of aromatic nitrogens is 5. The number of rotatable bonds is 6. The van der Waals surface area contributed by atoms with E-state index in [1.54, 1.807) is 23.0 Å². The molecule has 3 heterocycles. The van der Waals surface area contributed by atoms with Crippen LogP contribution in [0.2, 0.25) is 5.02 Å². The first-order valence-electron chi connectivity index (χ1n) is 9.28. The van der Waals surface area contributed by atoms with Gasteiger partial charge in [0, 0.05) is 6.20 Å². The fourth-order valence-electron chi connectivity index (χ4n) is 3.00. The number of pyridine rings is 1. The van der Waals surface area contributed by atoms with Crippen molar-refractivity contribution in [1.29, 1.82) is 0 Å². The van der Waals surface area contributed by atoms with Crippen molar-refractivity contribution >= 4 is 17.6 Å². The van der Waals surface area contributed by atoms with E-state index in [1.807, 2.05) is 44.2 Å². The smallest absolute Gasteiger partial charge is 0.342 e. The number of carbonyl (C=O) groups is 1. The van der Waals surface area contributed by atoms with Crippen molar-refractivity contribution in [2.45, 2.75) is 26.4 Å². The third kappa shape index (κ3) is 3.95. The van der Waals surface area contributed by atoms with Crippen LogP contribution in [0.15, 0.2) is 59.4 Å². The van der Waals surface area contributed by atoms with Gasteiger partial charge >= 0.3 is 5.97 Å². The molecule has 0 bridgehead atoms. The van der Waals surface area contributed by atoms with Gasteiger partial charge in [-0.2, -0.15) is 10.1 Å². The molecule has 3 aromatic heterocycles. The third-order valence-corrected chi connectivity index (χ3v) is 4.67. The minimum Gasteiger partial charge on any atom is -0.454 e. The third-order valence-electron chi connectivity index (χ3n) is 4.34. The number of nitrogens with zero attached hydrogens (tertiary/aromatic N) is 5. The normalized spacial score (nSPS) is 11.1. The summed E-state index contributed by atoms with van der Waals surface area (Å²) in [4.78, 5) is 21.3. The van der Waals surface area contributed by atoms with Crippen LogP contribution in [0, 0.1) is 0 Å². The van der Waals surface area contributed by atoms with Gasteiger partial charge in [0.25, 0.3) is 5.89 Å². The second kappa shape index (κ2) is 8.46. The Morgan fingerprint density at radius 3 is 2.73 bits per heavy atom. The molecule has 9 heteroatoms. The van der Waals surface area contributed by atoms with Crippen molar-refractivity contribution in [2.75, 3.05) is 0 Å². The first-order chi connectivity index (χ1) is 14.5. The van der Waals surface area contributed by atoms with E-state index in [1.165, 1.54) is 6.20 Å². The Labute approximate surface area is 177 Å². The van der Waals surface area contributed by atoms with E-state index in [0.29, 0.717) is 27.7 Å². The van der Waals surface area contributed by atoms with Crippen LogP contribution >= 0.6 is 11.6 Å². The number of hydrogen-bond acceptors (Lipinski definition) is 7. The molecule has 0 radical (unpaired) electrons. The van der Waals surface area contributed by atoms with Gasteiger partial charge in [-0.3, -0.25) is 0 Å². The summed E-state index contributed by atoms with van der Waals surface area (Å²) in [6.45, 7) is 3.81. The highest BCUT2D eigenvalue weighted by Gasteiger charge is 2.23. The number of esters is 1. The number of ether oxygens (including phenoxy) is 1. The van der Waals surface area contributed by atoms with Crippen molar-refractivity contribution in [2.24, 2.45) is 0 Å². The summed E-state index contributed by atoms with van der Waals surface area (Å²) in [5, 5.41) is 8.68. The molecule has 0 unspecified atom stereocenters. The Bertz CT molecular complexity index is 1170. The lowest BCUT2D eigenvalue weighted by Gasteiger charge is -2.11. The Balaban J connectivity index is 1.52. The first-order valence-corrected chi connectivity index (χ1v) is 9.66. The van der Waals surface area contributed by atoms with Gasteiger partial charge in [0.2, 0.25) is 5.82 Å². The second-order valence-electron chi connectivity index (χ2n) is 6.77. The molecule has 4 rings (SSSR count). The van der Waals surface area contributed by atoms with Crippen molar-refractivity contribution in [3.8, 4) is 17.3 Å². The SMILES string of the molecule is CC(C)c1c(C(=O)OCc2noc(-c3ccccc3Cl)n2)cnn1-c1ccccn1. The summed E-state index contributed by atoms with van der Waals surface area (Å²) in [6.07, 6.45) is 3.16. The second-order valence-corrected chi connectivity index (χ2v) is 7.18. The molecule has 152 valence electrons. The molecule has 0 aliphatic rings. The molecule has 30 heavy (non-hydrogen) atoms. The average molecular weight is 424 g/mol. The minimum absolute atomic E-state index is 0.0223. The Morgan fingerprint density at radius 2 is 2.00 bits per heavy atom. The first kappa shape index (κ1) is 19.8. The van der Waals surface area contributed by atoms with Crippen LogP contribution in [0.1, 0.15) is 41.6 Å². The minimum atomic E-state index is -0.523. The summed E-state index contributed by atoms with van der Waals surface area (Å²) >= 11 is 6.15. The summed E-state index contributed by atoms with van der Waals surface area (Å²) in [6, 6.07) is 12.6. The highest BCUT2D eigenvalue weighted by Crippen LogP contribution is 2.26. The molecular formula is C21H18ClN5O3. The van der Waals surface area contributed by atoms with Gasteiger partial charge in [-0.05, 0) is 30.2 Å². The van der Waals surface area contributed by atoms with Crippen LogP contribution in [0.5, 0.6) is 0 Å². The van der Waals surface area contributed by atoms with Crippen molar-refractivity contribution in [3.05, 3.63) is 77.0 Å². The molecular weight excluding hydrogens is 406 g/mol. The van der Waals surface area contributed by atoms with Gasteiger partial charge in [-0.15, -0.1) is 0 Å². The zero-order valence-corrected chi connectivity index (χ0v) is 17.1. The molecule has 0 atom stereocenters. The molecule has 0 amide bonds. The summed E-state index contributed by atoms with van der Waals surface area (Å²) in [5.74, 6) is 0.626. The van der Waals surface area contributed by atoms with Crippen LogP contribution in [0.25, 0.3) is 17.3 Å². The summed E-state index contributed by atoms with van der Waals surface area (Å²) in [7, 11) is 0. The van der Waals surface area contributed by atoms with Gasteiger partial charge in [0.05, 0.1) is 22.5 Å². The van der Waals surface area contributed by atoms with Gasteiger partial charge in [-0.1, -0.05) is 48.8 Å². The lowest BCUT2D eigenvalue weighted by atomic mass is 10.1. The summed E-state index contributed by atoms with van der Waals surface area (Å²) in [5.41, 5.74) is 1.69. The van der Waals surface area contributed by atoms with Gasteiger partial charge < -0.3 is 9.26 Å². The molecule has 0 saturated carbocycles. The molecule has 1 aromatic carbocycles. The molecule has 0 N–H and O–H groups in total. The van der Waals surface area contributed by atoms with Gasteiger partial charge in [0.15, 0.2) is 12.4 Å². The standard InChI is InChI=1S/C21H18ClN5O3/c1-13(2)19-15(11-24-27(19)18-9-5-6-10-23-18)21(28)29-12-17-25-20(30-26-17)14-7-3-4-8-16(14)22/h3-11,13H,12H2,1-2H3. The zero-order chi connectivity index (χ0) is 21.1. The molecule has 0 fully saturated rings. The largest absolute Gasteiger partial charge is 0.454 e. The number of benzene rings is 1. The monoisotopic (exact) mass is 423 g/mol. The number of hydrogen-bond donors (Lipinski definition) is 0. The Morgan fingerprint density at radius 1 is 1.20 bits per heavy atom. The maximum absolute atomic E-state index is 12.7. The van der Waals surface area contributed by atoms with Crippen LogP contribution in [0.3, 0.4) is 0 Å². The summed E-state index contributed by atoms with van der Waals surface area (Å²) < 4.78 is 12.3. The van der Waals surface area contributed by atoms with Crippen LogP contribution in [0.4, 0.5) is 0 Å². The van der Waals surface area contributed by atoms with E-state index < -0.39 is 5.97 Å². The van der Waals surface area contributed by atoms with E-state index in [0.717, 1.165) is 0 Å². The highest BCUT2D eigenvalue weighted by atomic mass is 35.5. The zero-order valence-electron chi connectivity index (χ0n) is 16.3. The van der Waals surface area contributed by atoms with E-state index in [4.69, 9.17) is 20.9 Å². The van der Waals surface area contributed by atoms with Crippen LogP contribution < -0.4 is 0 Å².